The SMILES string of the molecule is Cc1cccc(N(C(C)C(=O)N2CCc3ccccc3C2)S(C)(=O)=O)c1. The van der Waals surface area contributed by atoms with Gasteiger partial charge in [0.05, 0.1) is 11.9 Å². The summed E-state index contributed by atoms with van der Waals surface area (Å²) in [4.78, 5) is 14.8. The van der Waals surface area contributed by atoms with E-state index in [0.717, 1.165) is 23.8 Å². The number of benzene rings is 2. The van der Waals surface area contributed by atoms with Crippen LogP contribution < -0.4 is 4.31 Å². The number of carbonyl (C=O) groups is 1. The Bertz CT molecular complexity index is 924. The van der Waals surface area contributed by atoms with E-state index in [4.69, 9.17) is 0 Å². The van der Waals surface area contributed by atoms with E-state index in [1.54, 1.807) is 30.0 Å². The van der Waals surface area contributed by atoms with Crippen LogP contribution >= 0.6 is 0 Å². The average Bonchev–Trinajstić information content (AvgIpc) is 2.59. The summed E-state index contributed by atoms with van der Waals surface area (Å²) in [6.07, 6.45) is 1.93. The first-order valence-electron chi connectivity index (χ1n) is 8.69. The molecule has 26 heavy (non-hydrogen) atoms. The van der Waals surface area contributed by atoms with E-state index < -0.39 is 16.1 Å². The van der Waals surface area contributed by atoms with Crippen LogP contribution in [0.1, 0.15) is 23.6 Å². The molecule has 0 spiro atoms. The maximum atomic E-state index is 13.1. The van der Waals surface area contributed by atoms with Crippen LogP contribution in [-0.2, 0) is 27.8 Å². The summed E-state index contributed by atoms with van der Waals surface area (Å²) >= 11 is 0. The lowest BCUT2D eigenvalue weighted by molar-refractivity contribution is -0.132. The maximum absolute atomic E-state index is 13.1. The fraction of sp³-hybridized carbons (Fsp3) is 0.350. The van der Waals surface area contributed by atoms with Gasteiger partial charge in [-0.2, -0.15) is 0 Å². The van der Waals surface area contributed by atoms with Crippen LogP contribution in [0.15, 0.2) is 48.5 Å². The van der Waals surface area contributed by atoms with Crippen LogP contribution in [0.4, 0.5) is 5.69 Å². The average molecular weight is 372 g/mol. The summed E-state index contributed by atoms with van der Waals surface area (Å²) in [5.74, 6) is -0.175. The molecule has 0 saturated heterocycles. The molecule has 0 saturated carbocycles. The number of fused-ring (bicyclic) bond motifs is 1. The van der Waals surface area contributed by atoms with Crippen LogP contribution in [0.2, 0.25) is 0 Å². The van der Waals surface area contributed by atoms with Gasteiger partial charge < -0.3 is 4.90 Å². The molecule has 1 unspecified atom stereocenters. The number of amides is 1. The Morgan fingerprint density at radius 1 is 1.12 bits per heavy atom. The number of rotatable bonds is 4. The number of sulfonamides is 1. The maximum Gasteiger partial charge on any atom is 0.246 e. The predicted molar refractivity (Wildman–Crippen MR) is 104 cm³/mol. The topological polar surface area (TPSA) is 57.7 Å². The van der Waals surface area contributed by atoms with E-state index in [2.05, 4.69) is 6.07 Å². The molecule has 1 heterocycles. The van der Waals surface area contributed by atoms with Crippen molar-refractivity contribution >= 4 is 21.6 Å². The van der Waals surface area contributed by atoms with Crippen LogP contribution in [0.25, 0.3) is 0 Å². The third kappa shape index (κ3) is 3.75. The molecule has 0 aromatic heterocycles. The second-order valence-corrected chi connectivity index (χ2v) is 8.71. The number of anilines is 1. The van der Waals surface area contributed by atoms with Crippen LogP contribution in [-0.4, -0.2) is 38.1 Å². The fourth-order valence-corrected chi connectivity index (χ4v) is 4.68. The zero-order valence-electron chi connectivity index (χ0n) is 15.3. The summed E-state index contributed by atoms with van der Waals surface area (Å²) < 4.78 is 26.1. The molecule has 1 amide bonds. The van der Waals surface area contributed by atoms with Crippen LogP contribution in [0.3, 0.4) is 0 Å². The molecule has 2 aromatic rings. The minimum absolute atomic E-state index is 0.175. The van der Waals surface area contributed by atoms with Gasteiger partial charge in [-0.15, -0.1) is 0 Å². The zero-order valence-corrected chi connectivity index (χ0v) is 16.2. The number of hydrogen-bond donors (Lipinski definition) is 0. The van der Waals surface area contributed by atoms with Crippen molar-refractivity contribution in [3.63, 3.8) is 0 Å². The van der Waals surface area contributed by atoms with E-state index >= 15 is 0 Å². The van der Waals surface area contributed by atoms with Crippen LogP contribution in [0.5, 0.6) is 0 Å². The molecule has 0 aliphatic carbocycles. The highest BCUT2D eigenvalue weighted by molar-refractivity contribution is 7.92. The lowest BCUT2D eigenvalue weighted by atomic mass is 9.99. The van der Waals surface area contributed by atoms with Gasteiger partial charge in [-0.25, -0.2) is 8.42 Å². The van der Waals surface area contributed by atoms with E-state index in [1.807, 2.05) is 31.2 Å². The first-order chi connectivity index (χ1) is 12.3. The van der Waals surface area contributed by atoms with Gasteiger partial charge in [0, 0.05) is 13.1 Å². The van der Waals surface area contributed by atoms with E-state index in [-0.39, 0.29) is 5.91 Å². The Labute approximate surface area is 155 Å². The highest BCUT2D eigenvalue weighted by Gasteiger charge is 2.33. The van der Waals surface area contributed by atoms with Crippen molar-refractivity contribution in [1.82, 2.24) is 4.90 Å². The van der Waals surface area contributed by atoms with E-state index in [9.17, 15) is 13.2 Å². The number of carbonyl (C=O) groups excluding carboxylic acids is 1. The van der Waals surface area contributed by atoms with Gasteiger partial charge >= 0.3 is 0 Å². The lowest BCUT2D eigenvalue weighted by Crippen LogP contribution is -2.50. The molecule has 2 aromatic carbocycles. The Hall–Kier alpha value is -2.34. The van der Waals surface area contributed by atoms with Gasteiger partial charge in [-0.1, -0.05) is 36.4 Å². The molecule has 6 heteroatoms. The van der Waals surface area contributed by atoms with Crippen molar-refractivity contribution in [3.8, 4) is 0 Å². The van der Waals surface area contributed by atoms with E-state index in [0.29, 0.717) is 18.8 Å². The predicted octanol–water partition coefficient (Wildman–Crippen LogP) is 2.73. The molecule has 0 fully saturated rings. The second kappa shape index (κ2) is 7.11. The summed E-state index contributed by atoms with van der Waals surface area (Å²) in [6.45, 7) is 4.68. The zero-order chi connectivity index (χ0) is 18.9. The Morgan fingerprint density at radius 2 is 1.81 bits per heavy atom. The molecule has 0 N–H and O–H groups in total. The third-order valence-electron chi connectivity index (χ3n) is 4.76. The van der Waals surface area contributed by atoms with Gasteiger partial charge in [0.1, 0.15) is 6.04 Å². The summed E-state index contributed by atoms with van der Waals surface area (Å²) in [7, 11) is -3.59. The molecular weight excluding hydrogens is 348 g/mol. The molecule has 0 bridgehead atoms. The number of aryl methyl sites for hydroxylation is 1. The Morgan fingerprint density at radius 3 is 2.46 bits per heavy atom. The molecule has 1 aliphatic rings. The smallest absolute Gasteiger partial charge is 0.246 e. The van der Waals surface area contributed by atoms with Crippen LogP contribution in [0, 0.1) is 6.92 Å². The largest absolute Gasteiger partial charge is 0.336 e. The standard InChI is InChI=1S/C20H24N2O3S/c1-15-7-6-10-19(13-15)22(26(3,24)25)16(2)20(23)21-12-11-17-8-4-5-9-18(17)14-21/h4-10,13,16H,11-12,14H2,1-3H3. The van der Waals surface area contributed by atoms with E-state index in [1.165, 1.54) is 9.87 Å². The quantitative estimate of drug-likeness (QED) is 0.829. The third-order valence-corrected chi connectivity index (χ3v) is 6.01. The minimum atomic E-state index is -3.59. The lowest BCUT2D eigenvalue weighted by Gasteiger charge is -2.35. The normalized spacial score (nSPS) is 15.3. The molecule has 3 rings (SSSR count). The molecule has 1 aliphatic heterocycles. The molecule has 1 atom stereocenters. The summed E-state index contributed by atoms with van der Waals surface area (Å²) in [5, 5.41) is 0. The fourth-order valence-electron chi connectivity index (χ4n) is 3.52. The number of nitrogens with zero attached hydrogens (tertiary/aromatic N) is 2. The molecule has 5 nitrogen and oxygen atoms in total. The Kier molecular flexibility index (Phi) is 5.05. The van der Waals surface area contributed by atoms with Crippen molar-refractivity contribution in [2.24, 2.45) is 0 Å². The first kappa shape index (κ1) is 18.5. The van der Waals surface area contributed by atoms with Gasteiger partial charge in [0.15, 0.2) is 0 Å². The van der Waals surface area contributed by atoms with Gasteiger partial charge in [-0.05, 0) is 49.1 Å². The highest BCUT2D eigenvalue weighted by Crippen LogP contribution is 2.25. The van der Waals surface area contributed by atoms with Gasteiger partial charge in [0.2, 0.25) is 15.9 Å². The summed E-state index contributed by atoms with van der Waals surface area (Å²) in [5.41, 5.74) is 3.84. The van der Waals surface area contributed by atoms with Gasteiger partial charge in [-0.3, -0.25) is 9.10 Å². The molecular formula is C20H24N2O3S. The second-order valence-electron chi connectivity index (χ2n) is 6.85. The number of hydrogen-bond acceptors (Lipinski definition) is 3. The molecule has 138 valence electrons. The minimum Gasteiger partial charge on any atom is -0.336 e. The molecule has 0 radical (unpaired) electrons. The van der Waals surface area contributed by atoms with Crippen molar-refractivity contribution < 1.29 is 13.2 Å². The van der Waals surface area contributed by atoms with Crippen molar-refractivity contribution in [1.29, 1.82) is 0 Å². The highest BCUT2D eigenvalue weighted by atomic mass is 32.2. The van der Waals surface area contributed by atoms with Crippen molar-refractivity contribution in [2.45, 2.75) is 32.9 Å². The Balaban J connectivity index is 1.88. The van der Waals surface area contributed by atoms with Gasteiger partial charge in [0.25, 0.3) is 0 Å². The van der Waals surface area contributed by atoms with Crippen molar-refractivity contribution in [2.75, 3.05) is 17.1 Å². The van der Waals surface area contributed by atoms with Crippen molar-refractivity contribution in [3.05, 3.63) is 65.2 Å². The first-order valence-corrected chi connectivity index (χ1v) is 10.5. The summed E-state index contributed by atoms with van der Waals surface area (Å²) in [6, 6.07) is 14.5. The monoisotopic (exact) mass is 372 g/mol.